The third kappa shape index (κ3) is 4.04. The quantitative estimate of drug-likeness (QED) is 0.892. The zero-order valence-electron chi connectivity index (χ0n) is 12.7. The van der Waals surface area contributed by atoms with Gasteiger partial charge in [-0.2, -0.15) is 5.10 Å². The Morgan fingerprint density at radius 2 is 2.29 bits per heavy atom. The normalized spacial score (nSPS) is 10.6. The number of amides is 2. The summed E-state index contributed by atoms with van der Waals surface area (Å²) in [7, 11) is 1.83. The Labute approximate surface area is 128 Å². The first-order valence-corrected chi connectivity index (χ1v) is 7.99. The van der Waals surface area contributed by atoms with Crippen LogP contribution in [0.5, 0.6) is 0 Å². The molecule has 2 aromatic heterocycles. The lowest BCUT2D eigenvalue weighted by Crippen LogP contribution is -2.36. The van der Waals surface area contributed by atoms with Gasteiger partial charge in [0.15, 0.2) is 0 Å². The molecule has 6 nitrogen and oxygen atoms in total. The molecule has 0 spiro atoms. The van der Waals surface area contributed by atoms with E-state index in [-0.39, 0.29) is 6.03 Å². The van der Waals surface area contributed by atoms with Crippen molar-refractivity contribution in [2.75, 3.05) is 18.4 Å². The number of nitrogens with zero attached hydrogens (tertiary/aromatic N) is 4. The molecule has 2 heterocycles. The molecule has 0 aliphatic rings. The average molecular weight is 307 g/mol. The highest BCUT2D eigenvalue weighted by Crippen LogP contribution is 2.11. The van der Waals surface area contributed by atoms with Crippen molar-refractivity contribution in [3.8, 4) is 0 Å². The van der Waals surface area contributed by atoms with Crippen LogP contribution >= 0.6 is 11.3 Å². The third-order valence-electron chi connectivity index (χ3n) is 3.28. The summed E-state index contributed by atoms with van der Waals surface area (Å²) in [6.07, 6.45) is 3.42. The van der Waals surface area contributed by atoms with Crippen LogP contribution in [0.1, 0.15) is 24.5 Å². The Balaban J connectivity index is 1.94. The number of hydrogen-bond donors (Lipinski definition) is 1. The minimum atomic E-state index is -0.0975. The Kier molecular flexibility index (Phi) is 5.32. The number of aryl methyl sites for hydroxylation is 2. The second kappa shape index (κ2) is 7.21. The van der Waals surface area contributed by atoms with Crippen molar-refractivity contribution in [3.05, 3.63) is 28.3 Å². The summed E-state index contributed by atoms with van der Waals surface area (Å²) >= 11 is 1.62. The Morgan fingerprint density at radius 3 is 2.86 bits per heavy atom. The first kappa shape index (κ1) is 15.5. The van der Waals surface area contributed by atoms with Crippen LogP contribution in [0.3, 0.4) is 0 Å². The Hall–Kier alpha value is -1.89. The molecule has 0 aliphatic heterocycles. The molecule has 1 N–H and O–H groups in total. The van der Waals surface area contributed by atoms with Crippen molar-refractivity contribution in [2.45, 2.75) is 26.7 Å². The number of carbonyl (C=O) groups excluding carboxylic acids is 1. The van der Waals surface area contributed by atoms with E-state index in [0.29, 0.717) is 13.1 Å². The highest BCUT2D eigenvalue weighted by Gasteiger charge is 2.14. The fraction of sp³-hybridized carbons (Fsp3) is 0.500. The van der Waals surface area contributed by atoms with E-state index in [9.17, 15) is 4.79 Å². The van der Waals surface area contributed by atoms with Gasteiger partial charge in [-0.15, -0.1) is 11.3 Å². The Bertz CT molecular complexity index is 578. The van der Waals surface area contributed by atoms with E-state index >= 15 is 0 Å². The van der Waals surface area contributed by atoms with Gasteiger partial charge in [-0.1, -0.05) is 6.92 Å². The van der Waals surface area contributed by atoms with E-state index < -0.39 is 0 Å². The zero-order valence-corrected chi connectivity index (χ0v) is 13.5. The van der Waals surface area contributed by atoms with Gasteiger partial charge in [-0.25, -0.2) is 9.78 Å². The number of rotatable bonds is 6. The lowest BCUT2D eigenvalue weighted by molar-refractivity contribution is 0.215. The van der Waals surface area contributed by atoms with Gasteiger partial charge >= 0.3 is 6.03 Å². The summed E-state index contributed by atoms with van der Waals surface area (Å²) in [4.78, 5) is 18.3. The first-order chi connectivity index (χ1) is 10.1. The zero-order chi connectivity index (χ0) is 15.2. The summed E-state index contributed by atoms with van der Waals surface area (Å²) in [5.74, 6) is 0.726. The predicted molar refractivity (Wildman–Crippen MR) is 84.7 cm³/mol. The van der Waals surface area contributed by atoms with E-state index in [1.807, 2.05) is 32.3 Å². The predicted octanol–water partition coefficient (Wildman–Crippen LogP) is 2.54. The second-order valence-corrected chi connectivity index (χ2v) is 5.66. The van der Waals surface area contributed by atoms with Crippen LogP contribution in [0, 0.1) is 0 Å². The van der Waals surface area contributed by atoms with Crippen LogP contribution in [-0.4, -0.2) is 38.8 Å². The van der Waals surface area contributed by atoms with E-state index in [1.165, 1.54) is 0 Å². The van der Waals surface area contributed by atoms with Gasteiger partial charge < -0.3 is 4.90 Å². The molecule has 2 aromatic rings. The number of thiazole rings is 1. The molecular formula is C14H21N5OS. The van der Waals surface area contributed by atoms with Crippen molar-refractivity contribution in [1.29, 1.82) is 0 Å². The first-order valence-electron chi connectivity index (χ1n) is 7.11. The minimum absolute atomic E-state index is 0.0975. The maximum absolute atomic E-state index is 12.3. The molecule has 0 aliphatic carbocycles. The highest BCUT2D eigenvalue weighted by molar-refractivity contribution is 7.09. The van der Waals surface area contributed by atoms with E-state index in [1.54, 1.807) is 27.1 Å². The van der Waals surface area contributed by atoms with Crippen LogP contribution in [0.25, 0.3) is 0 Å². The number of carbonyl (C=O) groups is 1. The largest absolute Gasteiger partial charge is 0.324 e. The van der Waals surface area contributed by atoms with E-state index in [0.717, 1.165) is 29.4 Å². The van der Waals surface area contributed by atoms with Crippen molar-refractivity contribution in [3.63, 3.8) is 0 Å². The van der Waals surface area contributed by atoms with Crippen molar-refractivity contribution >= 4 is 23.2 Å². The molecule has 21 heavy (non-hydrogen) atoms. The van der Waals surface area contributed by atoms with Gasteiger partial charge in [0.1, 0.15) is 5.82 Å². The monoisotopic (exact) mass is 307 g/mol. The maximum atomic E-state index is 12.3. The fourth-order valence-electron chi connectivity index (χ4n) is 2.02. The summed E-state index contributed by atoms with van der Waals surface area (Å²) in [6, 6.07) is 1.81. The average Bonchev–Trinajstić information content (AvgIpc) is 3.10. The lowest BCUT2D eigenvalue weighted by atomic mass is 10.3. The van der Waals surface area contributed by atoms with Crippen LogP contribution in [0.15, 0.2) is 17.6 Å². The van der Waals surface area contributed by atoms with Gasteiger partial charge in [0, 0.05) is 44.2 Å². The van der Waals surface area contributed by atoms with Gasteiger partial charge in [0.05, 0.1) is 10.7 Å². The number of nitrogens with one attached hydrogen (secondary N) is 1. The van der Waals surface area contributed by atoms with Gasteiger partial charge in [-0.05, 0) is 13.3 Å². The summed E-state index contributed by atoms with van der Waals surface area (Å²) in [5, 5.41) is 10.2. The summed E-state index contributed by atoms with van der Waals surface area (Å²) in [6.45, 7) is 5.34. The minimum Gasteiger partial charge on any atom is -0.324 e. The number of hydrogen-bond acceptors (Lipinski definition) is 4. The van der Waals surface area contributed by atoms with Crippen LogP contribution in [-0.2, 0) is 19.9 Å². The van der Waals surface area contributed by atoms with Gasteiger partial charge in [0.25, 0.3) is 0 Å². The molecule has 7 heteroatoms. The van der Waals surface area contributed by atoms with Gasteiger partial charge in [-0.3, -0.25) is 10.00 Å². The molecule has 0 unspecified atom stereocenters. The number of aromatic nitrogens is 3. The number of likely N-dealkylation sites (N-methyl/N-ethyl adjacent to an activating group) is 1. The third-order valence-corrected chi connectivity index (χ3v) is 4.12. The lowest BCUT2D eigenvalue weighted by Gasteiger charge is -2.20. The van der Waals surface area contributed by atoms with Crippen LogP contribution in [0.2, 0.25) is 0 Å². The molecule has 0 aromatic carbocycles. The Morgan fingerprint density at radius 1 is 1.48 bits per heavy atom. The molecule has 2 amide bonds. The molecule has 0 fully saturated rings. The molecule has 114 valence electrons. The van der Waals surface area contributed by atoms with Crippen molar-refractivity contribution in [2.24, 2.45) is 7.05 Å². The summed E-state index contributed by atoms with van der Waals surface area (Å²) < 4.78 is 1.70. The number of anilines is 1. The van der Waals surface area contributed by atoms with Crippen molar-refractivity contribution in [1.82, 2.24) is 19.7 Å². The molecule has 2 rings (SSSR count). The molecule has 0 bridgehead atoms. The summed E-state index contributed by atoms with van der Waals surface area (Å²) in [5.41, 5.74) is 0.971. The highest BCUT2D eigenvalue weighted by atomic mass is 32.1. The fourth-order valence-corrected chi connectivity index (χ4v) is 2.62. The maximum Gasteiger partial charge on any atom is 0.323 e. The topological polar surface area (TPSA) is 63.1 Å². The SMILES string of the molecule is CCc1cc(NC(=O)N(CC)CCc2nccs2)n(C)n1. The van der Waals surface area contributed by atoms with E-state index in [4.69, 9.17) is 0 Å². The molecule has 0 radical (unpaired) electrons. The molecule has 0 saturated heterocycles. The standard InChI is InChI=1S/C14H21N5OS/c1-4-11-10-12(18(3)17-11)16-14(20)19(5-2)8-6-13-15-7-9-21-13/h7,9-10H,4-6,8H2,1-3H3,(H,16,20). The smallest absolute Gasteiger partial charge is 0.323 e. The van der Waals surface area contributed by atoms with Gasteiger partial charge in [0.2, 0.25) is 0 Å². The van der Waals surface area contributed by atoms with Crippen LogP contribution in [0.4, 0.5) is 10.6 Å². The molecule has 0 atom stereocenters. The second-order valence-electron chi connectivity index (χ2n) is 4.68. The molecule has 0 saturated carbocycles. The van der Waals surface area contributed by atoms with Crippen molar-refractivity contribution < 1.29 is 4.79 Å². The molecular weight excluding hydrogens is 286 g/mol. The van der Waals surface area contributed by atoms with E-state index in [2.05, 4.69) is 15.4 Å². The van der Waals surface area contributed by atoms with Crippen LogP contribution < -0.4 is 5.32 Å². The number of urea groups is 1.